The van der Waals surface area contributed by atoms with Gasteiger partial charge in [0.25, 0.3) is 0 Å². The summed E-state index contributed by atoms with van der Waals surface area (Å²) in [6, 6.07) is 0. The summed E-state index contributed by atoms with van der Waals surface area (Å²) in [6.07, 6.45) is 3.73. The van der Waals surface area contributed by atoms with Crippen LogP contribution >= 0.6 is 12.6 Å². The van der Waals surface area contributed by atoms with E-state index in [1.54, 1.807) is 0 Å². The molecule has 0 aliphatic heterocycles. The molecule has 0 unspecified atom stereocenters. The van der Waals surface area contributed by atoms with E-state index < -0.39 is 42.8 Å². The monoisotopic (exact) mass is 784 g/mol. The van der Waals surface area contributed by atoms with Gasteiger partial charge in [-0.05, 0) is 18.6 Å². The molecule has 308 valence electrons. The van der Waals surface area contributed by atoms with Crippen molar-refractivity contribution in [2.75, 3.05) is 125 Å². The number of nitrogens with zero attached hydrogens (tertiary/aromatic N) is 5. The van der Waals surface area contributed by atoms with Crippen molar-refractivity contribution < 1.29 is 63.9 Å². The number of unbranched alkanes of at least 4 members (excludes halogenated alkanes) is 2. The maximum Gasteiger partial charge on any atom is 0.317 e. The number of rotatable bonds is 32. The third-order valence-electron chi connectivity index (χ3n) is 7.01. The van der Waals surface area contributed by atoms with Crippen LogP contribution in [0.15, 0.2) is 0 Å². The third-order valence-corrected chi connectivity index (χ3v) is 7.33. The van der Waals surface area contributed by atoms with Gasteiger partial charge in [-0.1, -0.05) is 6.42 Å². The van der Waals surface area contributed by atoms with Gasteiger partial charge in [0.05, 0.1) is 45.8 Å². The summed E-state index contributed by atoms with van der Waals surface area (Å²) in [6.45, 7) is -1.17. The van der Waals surface area contributed by atoms with Crippen LogP contribution in [0.4, 0.5) is 0 Å². The van der Waals surface area contributed by atoms with Crippen LogP contribution in [0.3, 0.4) is 0 Å². The predicted molar refractivity (Wildman–Crippen MR) is 196 cm³/mol. The molecule has 0 aromatic rings. The molecular weight excluding hydrogens is 724 g/mol. The van der Waals surface area contributed by atoms with Crippen LogP contribution in [0.25, 0.3) is 0 Å². The minimum atomic E-state index is -1.18. The number of aliphatic carboxylic acids is 3. The highest BCUT2D eigenvalue weighted by Crippen LogP contribution is 2.04. The van der Waals surface area contributed by atoms with Gasteiger partial charge >= 0.3 is 17.9 Å². The van der Waals surface area contributed by atoms with E-state index in [1.165, 1.54) is 24.5 Å². The summed E-state index contributed by atoms with van der Waals surface area (Å²) in [4.78, 5) is 101. The van der Waals surface area contributed by atoms with Crippen LogP contribution in [0.1, 0.15) is 25.7 Å². The number of amides is 3. The smallest absolute Gasteiger partial charge is 0.317 e. The van der Waals surface area contributed by atoms with Crippen LogP contribution in [0.5, 0.6) is 0 Å². The van der Waals surface area contributed by atoms with Crippen molar-refractivity contribution in [3.63, 3.8) is 0 Å². The summed E-state index contributed by atoms with van der Waals surface area (Å²) < 4.78 is 0. The maximum absolute atomic E-state index is 13.0. The van der Waals surface area contributed by atoms with Gasteiger partial charge in [0.1, 0.15) is 12.6 Å². The first-order valence-corrected chi connectivity index (χ1v) is 17.4. The highest BCUT2D eigenvalue weighted by Gasteiger charge is 2.19. The van der Waals surface area contributed by atoms with E-state index in [-0.39, 0.29) is 104 Å². The summed E-state index contributed by atoms with van der Waals surface area (Å²) in [5.41, 5.74) is 5.55. The van der Waals surface area contributed by atoms with Crippen molar-refractivity contribution in [2.45, 2.75) is 25.7 Å². The lowest BCUT2D eigenvalue weighted by Gasteiger charge is -2.26. The summed E-state index contributed by atoms with van der Waals surface area (Å²) in [7, 11) is 2.00. The number of carbonyl (C=O) groups is 8. The zero-order valence-corrected chi connectivity index (χ0v) is 31.7. The fourth-order valence-electron chi connectivity index (χ4n) is 4.53. The Balaban J connectivity index is -0.00000602. The second-order valence-corrected chi connectivity index (χ2v) is 11.5. The molecular formula is C31H60N8O13S. The third kappa shape index (κ3) is 32.6. The van der Waals surface area contributed by atoms with Gasteiger partial charge in [-0.15, -0.1) is 0 Å². The summed E-state index contributed by atoms with van der Waals surface area (Å²) in [5, 5.41) is 46.8. The Morgan fingerprint density at radius 3 is 1.36 bits per heavy atom. The average molecular weight is 785 g/mol. The van der Waals surface area contributed by atoms with Crippen molar-refractivity contribution >= 4 is 60.8 Å². The number of carbonyl (C=O) groups excluding carboxylic acids is 5. The lowest BCUT2D eigenvalue weighted by Crippen LogP contribution is -2.47. The van der Waals surface area contributed by atoms with Crippen molar-refractivity contribution in [3.8, 4) is 0 Å². The highest BCUT2D eigenvalue weighted by atomic mass is 32.1. The van der Waals surface area contributed by atoms with Crippen molar-refractivity contribution in [1.82, 2.24) is 35.1 Å². The number of carboxylic acid groups (broad SMARTS) is 3. The Kier molecular flexibility index (Phi) is 37.0. The number of thiol groups is 1. The number of aliphatic hydroxyl groups excluding tert-OH is 2. The van der Waals surface area contributed by atoms with Crippen LogP contribution in [-0.2, 0) is 38.4 Å². The Morgan fingerprint density at radius 2 is 0.981 bits per heavy atom. The van der Waals surface area contributed by atoms with E-state index in [2.05, 4.69) is 23.3 Å². The zero-order valence-electron chi connectivity index (χ0n) is 30.8. The maximum atomic E-state index is 13.0. The predicted octanol–water partition coefficient (Wildman–Crippen LogP) is -4.47. The van der Waals surface area contributed by atoms with Gasteiger partial charge in [0.15, 0.2) is 0 Å². The number of aliphatic hydroxyl groups is 2. The Morgan fingerprint density at radius 1 is 0.585 bits per heavy atom. The van der Waals surface area contributed by atoms with Gasteiger partial charge in [0, 0.05) is 79.7 Å². The molecule has 0 heterocycles. The van der Waals surface area contributed by atoms with E-state index in [0.717, 1.165) is 27.1 Å². The molecule has 3 amide bonds. The minimum absolute atomic E-state index is 0.0203. The van der Waals surface area contributed by atoms with E-state index in [0.29, 0.717) is 24.7 Å². The quantitative estimate of drug-likeness (QED) is 0.0134. The lowest BCUT2D eigenvalue weighted by molar-refractivity contribution is -0.140. The number of nitrogens with one attached hydrogen (secondary N) is 2. The van der Waals surface area contributed by atoms with E-state index in [4.69, 9.17) is 21.1 Å². The minimum Gasteiger partial charge on any atom is -0.480 e. The average Bonchev–Trinajstić information content (AvgIpc) is 3.11. The van der Waals surface area contributed by atoms with Crippen molar-refractivity contribution in [2.24, 2.45) is 5.73 Å². The second kappa shape index (κ2) is 36.6. The number of carboxylic acids is 3. The van der Waals surface area contributed by atoms with Gasteiger partial charge in [0.2, 0.25) is 17.7 Å². The van der Waals surface area contributed by atoms with E-state index in [9.17, 15) is 48.6 Å². The van der Waals surface area contributed by atoms with Gasteiger partial charge in [-0.25, -0.2) is 0 Å². The molecule has 0 bridgehead atoms. The Labute approximate surface area is 315 Å². The van der Waals surface area contributed by atoms with E-state index >= 15 is 0 Å². The Hall–Kier alpha value is -3.77. The van der Waals surface area contributed by atoms with Gasteiger partial charge < -0.3 is 56.4 Å². The molecule has 0 spiro atoms. The molecule has 0 aliphatic rings. The van der Waals surface area contributed by atoms with Gasteiger partial charge in [-0.2, -0.15) is 12.6 Å². The second-order valence-electron chi connectivity index (χ2n) is 11.0. The molecule has 22 heteroatoms. The number of aldehydes is 2. The molecule has 0 fully saturated rings. The first-order valence-electron chi connectivity index (χ1n) is 16.8. The number of nitrogens with two attached hydrogens (primary N) is 1. The number of hydrogen-bond donors (Lipinski definition) is 9. The molecule has 0 aliphatic carbocycles. The van der Waals surface area contributed by atoms with Crippen molar-refractivity contribution in [3.05, 3.63) is 0 Å². The highest BCUT2D eigenvalue weighted by molar-refractivity contribution is 7.80. The fraction of sp³-hybridized carbons (Fsp3) is 0.742. The lowest BCUT2D eigenvalue weighted by atomic mass is 10.2. The molecule has 0 atom stereocenters. The van der Waals surface area contributed by atoms with E-state index in [1.807, 2.05) is 0 Å². The molecule has 9 N–H and O–H groups in total. The normalized spacial score (nSPS) is 10.5. The first-order chi connectivity index (χ1) is 25.3. The molecule has 0 rings (SSSR count). The molecule has 0 saturated carbocycles. The molecule has 0 aromatic carbocycles. The molecule has 0 aromatic heterocycles. The Bertz CT molecular complexity index is 1050. The SMILES string of the molecule is CO.CO.NCN(CCN(CC(=O)O)CC(=O)NCCN(CCNC(=O)CN(CCN(CC=O)CC=O)CC(=O)O)C(=O)CCCCCS)CC(=O)O. The summed E-state index contributed by atoms with van der Waals surface area (Å²) in [5.74, 6) is -3.96. The van der Waals surface area contributed by atoms with Crippen LogP contribution in [0, 0.1) is 0 Å². The standard InChI is InChI=1S/C29H52N8O11S.2CH4O/c30-23-36(22-29(47)48)12-11-35(21-28(45)46)19-25(41)32-6-8-37(26(42)4-2-1-3-17-49)7-5-31-24(40)18-34(20-27(43)44)10-9-33(13-15-38)14-16-39;2*1-2/h15-16,49H,1-14,17-23,30H2,(H,31,40)(H,32,41)(H,43,44)(H,45,46)(H,47,48);2*2H,1H3. The fourth-order valence-corrected chi connectivity index (χ4v) is 4.76. The van der Waals surface area contributed by atoms with Crippen molar-refractivity contribution in [1.29, 1.82) is 0 Å². The molecule has 0 radical (unpaired) electrons. The molecule has 21 nitrogen and oxygen atoms in total. The van der Waals surface area contributed by atoms with Crippen LogP contribution < -0.4 is 16.4 Å². The summed E-state index contributed by atoms with van der Waals surface area (Å²) >= 11 is 4.17. The van der Waals surface area contributed by atoms with Crippen LogP contribution in [0.2, 0.25) is 0 Å². The van der Waals surface area contributed by atoms with Crippen LogP contribution in [-0.4, -0.2) is 223 Å². The van der Waals surface area contributed by atoms with Gasteiger partial charge in [-0.3, -0.25) is 48.4 Å². The molecule has 0 saturated heterocycles. The topological polar surface area (TPSA) is 304 Å². The first kappa shape index (κ1) is 53.6. The number of hydrogen-bond acceptors (Lipinski definition) is 16. The largest absolute Gasteiger partial charge is 0.480 e. The molecule has 53 heavy (non-hydrogen) atoms. The zero-order chi connectivity index (χ0) is 41.0.